The van der Waals surface area contributed by atoms with E-state index >= 15 is 0 Å². The number of carbonyl (C=O) groups is 3. The van der Waals surface area contributed by atoms with Gasteiger partial charge in [-0.1, -0.05) is 6.07 Å². The summed E-state index contributed by atoms with van der Waals surface area (Å²) in [5.41, 5.74) is 1.46. The smallest absolute Gasteiger partial charge is 0.262 e. The molecule has 0 aromatic heterocycles. The van der Waals surface area contributed by atoms with Crippen molar-refractivity contribution in [2.24, 2.45) is 0 Å². The van der Waals surface area contributed by atoms with Gasteiger partial charge in [-0.25, -0.2) is 0 Å². The zero-order chi connectivity index (χ0) is 19.1. The lowest BCUT2D eigenvalue weighted by Gasteiger charge is -2.12. The molecule has 0 aliphatic carbocycles. The van der Waals surface area contributed by atoms with Gasteiger partial charge in [0.1, 0.15) is 11.5 Å². The highest BCUT2D eigenvalue weighted by Gasteiger charge is 2.12. The number of hydrogen-bond acceptors (Lipinski definition) is 5. The summed E-state index contributed by atoms with van der Waals surface area (Å²) >= 11 is 0. The fourth-order valence-electron chi connectivity index (χ4n) is 2.26. The zero-order valence-electron chi connectivity index (χ0n) is 14.8. The molecule has 0 aliphatic heterocycles. The first kappa shape index (κ1) is 19.0. The third-order valence-electron chi connectivity index (χ3n) is 3.39. The fourth-order valence-corrected chi connectivity index (χ4v) is 2.26. The predicted octanol–water partition coefficient (Wildman–Crippen LogP) is 2.87. The lowest BCUT2D eigenvalue weighted by Crippen LogP contribution is -2.21. The van der Waals surface area contributed by atoms with Gasteiger partial charge in [-0.05, 0) is 37.3 Å². The number of rotatable bonds is 7. The molecule has 2 rings (SSSR count). The van der Waals surface area contributed by atoms with Gasteiger partial charge in [0.05, 0.1) is 12.7 Å². The topological polar surface area (TPSA) is 93.7 Å². The van der Waals surface area contributed by atoms with Gasteiger partial charge in [0.15, 0.2) is 12.4 Å². The number of methoxy groups -OCH3 is 1. The van der Waals surface area contributed by atoms with Crippen molar-refractivity contribution in [3.63, 3.8) is 0 Å². The van der Waals surface area contributed by atoms with Crippen molar-refractivity contribution in [1.82, 2.24) is 0 Å². The van der Waals surface area contributed by atoms with Gasteiger partial charge in [0, 0.05) is 24.4 Å². The van der Waals surface area contributed by atoms with Crippen LogP contribution in [0, 0.1) is 0 Å². The summed E-state index contributed by atoms with van der Waals surface area (Å²) < 4.78 is 10.6. The van der Waals surface area contributed by atoms with E-state index in [2.05, 4.69) is 10.6 Å². The summed E-state index contributed by atoms with van der Waals surface area (Å²) in [4.78, 5) is 34.9. The summed E-state index contributed by atoms with van der Waals surface area (Å²) in [6.07, 6.45) is 0. The van der Waals surface area contributed by atoms with E-state index in [1.165, 1.54) is 21.0 Å². The number of ether oxygens (including phenoxy) is 2. The van der Waals surface area contributed by atoms with Crippen LogP contribution >= 0.6 is 0 Å². The number of Topliss-reactive ketones (excluding diaryl/α,β-unsaturated/α-hetero) is 1. The van der Waals surface area contributed by atoms with Crippen LogP contribution < -0.4 is 20.1 Å². The van der Waals surface area contributed by atoms with E-state index in [0.29, 0.717) is 22.7 Å². The third kappa shape index (κ3) is 5.34. The molecular formula is C19H20N2O5. The lowest BCUT2D eigenvalue weighted by atomic mass is 10.1. The summed E-state index contributed by atoms with van der Waals surface area (Å²) in [5, 5.41) is 5.31. The van der Waals surface area contributed by atoms with Crippen molar-refractivity contribution < 1.29 is 23.9 Å². The molecule has 2 amide bonds. The number of nitrogens with one attached hydrogen (secondary N) is 2. The normalized spacial score (nSPS) is 9.96. The fraction of sp³-hybridized carbons (Fsp3) is 0.211. The predicted molar refractivity (Wildman–Crippen MR) is 97.9 cm³/mol. The van der Waals surface area contributed by atoms with Crippen LogP contribution in [0.25, 0.3) is 0 Å². The summed E-state index contributed by atoms with van der Waals surface area (Å²) in [6, 6.07) is 11.5. The van der Waals surface area contributed by atoms with E-state index in [4.69, 9.17) is 9.47 Å². The highest BCUT2D eigenvalue weighted by molar-refractivity contribution is 5.97. The molecule has 0 bridgehead atoms. The molecule has 2 aromatic rings. The van der Waals surface area contributed by atoms with Gasteiger partial charge < -0.3 is 20.1 Å². The maximum atomic E-state index is 12.1. The van der Waals surface area contributed by atoms with Crippen LogP contribution in [0.15, 0.2) is 42.5 Å². The number of benzene rings is 2. The molecule has 0 spiro atoms. The zero-order valence-corrected chi connectivity index (χ0v) is 14.8. The SMILES string of the molecule is COc1ccc(C(C)=O)c(OCC(=O)Nc2cccc(NC(C)=O)c2)c1. The average Bonchev–Trinajstić information content (AvgIpc) is 2.59. The monoisotopic (exact) mass is 356 g/mol. The van der Waals surface area contributed by atoms with Crippen molar-refractivity contribution in [3.05, 3.63) is 48.0 Å². The van der Waals surface area contributed by atoms with Gasteiger partial charge in [0.2, 0.25) is 5.91 Å². The van der Waals surface area contributed by atoms with Crippen LogP contribution in [0.4, 0.5) is 11.4 Å². The van der Waals surface area contributed by atoms with E-state index in [9.17, 15) is 14.4 Å². The minimum atomic E-state index is -0.401. The van der Waals surface area contributed by atoms with Crippen molar-refractivity contribution >= 4 is 29.0 Å². The molecule has 2 N–H and O–H groups in total. The Morgan fingerprint density at radius 3 is 2.27 bits per heavy atom. The van der Waals surface area contributed by atoms with Crippen LogP contribution in [-0.4, -0.2) is 31.3 Å². The maximum Gasteiger partial charge on any atom is 0.262 e. The van der Waals surface area contributed by atoms with Gasteiger partial charge in [-0.3, -0.25) is 14.4 Å². The molecule has 7 nitrogen and oxygen atoms in total. The number of amides is 2. The standard InChI is InChI=1S/C19H20N2O5/c1-12(22)17-8-7-16(25-3)10-18(17)26-11-19(24)21-15-6-4-5-14(9-15)20-13(2)23/h4-10H,11H2,1-3H3,(H,20,23)(H,21,24). The largest absolute Gasteiger partial charge is 0.497 e. The Morgan fingerprint density at radius 1 is 0.962 bits per heavy atom. The second-order valence-corrected chi connectivity index (χ2v) is 5.52. The molecule has 0 saturated carbocycles. The highest BCUT2D eigenvalue weighted by atomic mass is 16.5. The molecule has 136 valence electrons. The van der Waals surface area contributed by atoms with Crippen LogP contribution in [-0.2, 0) is 9.59 Å². The van der Waals surface area contributed by atoms with Crippen LogP contribution in [0.1, 0.15) is 24.2 Å². The third-order valence-corrected chi connectivity index (χ3v) is 3.39. The average molecular weight is 356 g/mol. The first-order chi connectivity index (χ1) is 12.4. The van der Waals surface area contributed by atoms with E-state index in [1.807, 2.05) is 0 Å². The van der Waals surface area contributed by atoms with Crippen LogP contribution in [0.5, 0.6) is 11.5 Å². The quantitative estimate of drug-likeness (QED) is 0.744. The van der Waals surface area contributed by atoms with E-state index < -0.39 is 5.91 Å². The van der Waals surface area contributed by atoms with Gasteiger partial charge in [0.25, 0.3) is 5.91 Å². The van der Waals surface area contributed by atoms with Crippen LogP contribution in [0.3, 0.4) is 0 Å². The molecular weight excluding hydrogens is 336 g/mol. The van der Waals surface area contributed by atoms with Crippen molar-refractivity contribution in [2.45, 2.75) is 13.8 Å². The van der Waals surface area contributed by atoms with Gasteiger partial charge in [-0.15, -0.1) is 0 Å². The minimum Gasteiger partial charge on any atom is -0.497 e. The molecule has 26 heavy (non-hydrogen) atoms. The Morgan fingerprint density at radius 2 is 1.65 bits per heavy atom. The summed E-state index contributed by atoms with van der Waals surface area (Å²) in [6.45, 7) is 2.54. The van der Waals surface area contributed by atoms with Crippen LogP contribution in [0.2, 0.25) is 0 Å². The first-order valence-corrected chi connectivity index (χ1v) is 7.88. The Labute approximate surface area is 151 Å². The molecule has 0 aliphatic rings. The molecule has 2 aromatic carbocycles. The second-order valence-electron chi connectivity index (χ2n) is 5.52. The second kappa shape index (κ2) is 8.66. The Bertz CT molecular complexity index is 832. The Kier molecular flexibility index (Phi) is 6.32. The summed E-state index contributed by atoms with van der Waals surface area (Å²) in [5.74, 6) is 0.0207. The highest BCUT2D eigenvalue weighted by Crippen LogP contribution is 2.25. The van der Waals surface area contributed by atoms with Crippen molar-refractivity contribution in [2.75, 3.05) is 24.4 Å². The molecule has 0 heterocycles. The number of ketones is 1. The summed E-state index contributed by atoms with van der Waals surface area (Å²) in [7, 11) is 1.50. The first-order valence-electron chi connectivity index (χ1n) is 7.88. The van der Waals surface area contributed by atoms with E-state index in [0.717, 1.165) is 0 Å². The van der Waals surface area contributed by atoms with Gasteiger partial charge in [-0.2, -0.15) is 0 Å². The molecule has 0 saturated heterocycles. The number of hydrogen-bond donors (Lipinski definition) is 2. The minimum absolute atomic E-state index is 0.175. The van der Waals surface area contributed by atoms with Crippen molar-refractivity contribution in [1.29, 1.82) is 0 Å². The molecule has 0 radical (unpaired) electrons. The molecule has 7 heteroatoms. The molecule has 0 fully saturated rings. The Balaban J connectivity index is 2.03. The van der Waals surface area contributed by atoms with E-state index in [-0.39, 0.29) is 24.0 Å². The Hall–Kier alpha value is -3.35. The number of carbonyl (C=O) groups excluding carboxylic acids is 3. The van der Waals surface area contributed by atoms with Gasteiger partial charge >= 0.3 is 0 Å². The van der Waals surface area contributed by atoms with E-state index in [1.54, 1.807) is 42.5 Å². The molecule has 0 atom stereocenters. The molecule has 0 unspecified atom stereocenters. The lowest BCUT2D eigenvalue weighted by molar-refractivity contribution is -0.118. The maximum absolute atomic E-state index is 12.1. The number of anilines is 2. The van der Waals surface area contributed by atoms with Crippen molar-refractivity contribution in [3.8, 4) is 11.5 Å².